The van der Waals surface area contributed by atoms with E-state index in [1.807, 2.05) is 30.9 Å². The summed E-state index contributed by atoms with van der Waals surface area (Å²) in [6.07, 6.45) is 3.47. The van der Waals surface area contributed by atoms with E-state index in [0.717, 1.165) is 30.2 Å². The molecular formula is C16H22ClNOS. The Hall–Kier alpha value is -0.220. The van der Waals surface area contributed by atoms with E-state index < -0.39 is 0 Å². The summed E-state index contributed by atoms with van der Waals surface area (Å²) in [6, 6.07) is 8.54. The summed E-state index contributed by atoms with van der Waals surface area (Å²) in [5.74, 6) is 3.00. The average Bonchev–Trinajstić information content (AvgIpc) is 2.90. The largest absolute Gasteiger partial charge is 0.374 e. The van der Waals surface area contributed by atoms with Crippen molar-refractivity contribution in [3.63, 3.8) is 0 Å². The second-order valence-corrected chi connectivity index (χ2v) is 7.39. The molecule has 4 heteroatoms. The molecule has 20 heavy (non-hydrogen) atoms. The van der Waals surface area contributed by atoms with E-state index in [9.17, 15) is 0 Å². The van der Waals surface area contributed by atoms with Gasteiger partial charge in [0.25, 0.3) is 0 Å². The van der Waals surface area contributed by atoms with Crippen LogP contribution in [0.15, 0.2) is 24.3 Å². The van der Waals surface area contributed by atoms with Gasteiger partial charge in [-0.15, -0.1) is 0 Å². The fourth-order valence-corrected chi connectivity index (χ4v) is 5.22. The monoisotopic (exact) mass is 311 g/mol. The highest BCUT2D eigenvalue weighted by molar-refractivity contribution is 7.99. The van der Waals surface area contributed by atoms with E-state index in [2.05, 4.69) is 17.4 Å². The van der Waals surface area contributed by atoms with Crippen molar-refractivity contribution in [1.82, 2.24) is 5.32 Å². The number of hydrogen-bond donors (Lipinski definition) is 1. The molecule has 2 saturated heterocycles. The smallest absolute Gasteiger partial charge is 0.0783 e. The van der Waals surface area contributed by atoms with Gasteiger partial charge < -0.3 is 10.1 Å². The molecule has 1 spiro atoms. The predicted octanol–water partition coefficient (Wildman–Crippen LogP) is 3.90. The normalized spacial score (nSPS) is 31.6. The molecular weight excluding hydrogens is 290 g/mol. The van der Waals surface area contributed by atoms with Crippen molar-refractivity contribution in [2.75, 3.05) is 25.2 Å². The molecule has 1 aromatic rings. The van der Waals surface area contributed by atoms with Crippen LogP contribution in [-0.4, -0.2) is 30.8 Å². The SMILES string of the molecule is CNC(c1ccccc1Cl)C1CCOC2(CCSC2)C1. The highest BCUT2D eigenvalue weighted by Gasteiger charge is 2.42. The standard InChI is InChI=1S/C16H22ClNOS/c1-18-15(13-4-2-3-5-14(13)17)12-6-8-19-16(10-12)7-9-20-11-16/h2-5,12,15,18H,6-11H2,1H3. The van der Waals surface area contributed by atoms with Gasteiger partial charge in [0.2, 0.25) is 0 Å². The number of rotatable bonds is 3. The lowest BCUT2D eigenvalue weighted by atomic mass is 9.79. The van der Waals surface area contributed by atoms with Crippen LogP contribution in [0.2, 0.25) is 5.02 Å². The molecule has 2 fully saturated rings. The fraction of sp³-hybridized carbons (Fsp3) is 0.625. The van der Waals surface area contributed by atoms with E-state index in [4.69, 9.17) is 16.3 Å². The van der Waals surface area contributed by atoms with Crippen LogP contribution < -0.4 is 5.32 Å². The Balaban J connectivity index is 1.81. The Morgan fingerprint density at radius 2 is 2.30 bits per heavy atom. The van der Waals surface area contributed by atoms with Gasteiger partial charge in [-0.2, -0.15) is 11.8 Å². The first kappa shape index (κ1) is 14.7. The summed E-state index contributed by atoms with van der Waals surface area (Å²) in [6.45, 7) is 0.883. The minimum absolute atomic E-state index is 0.129. The van der Waals surface area contributed by atoms with Gasteiger partial charge in [-0.3, -0.25) is 0 Å². The van der Waals surface area contributed by atoms with Gasteiger partial charge in [0.05, 0.1) is 5.60 Å². The predicted molar refractivity (Wildman–Crippen MR) is 86.6 cm³/mol. The van der Waals surface area contributed by atoms with Crippen LogP contribution in [0.25, 0.3) is 0 Å². The molecule has 3 atom stereocenters. The third-order valence-corrected chi connectivity index (χ3v) is 6.19. The minimum Gasteiger partial charge on any atom is -0.374 e. The molecule has 0 radical (unpaired) electrons. The van der Waals surface area contributed by atoms with E-state index in [1.165, 1.54) is 17.7 Å². The van der Waals surface area contributed by atoms with E-state index >= 15 is 0 Å². The molecule has 1 aromatic carbocycles. The van der Waals surface area contributed by atoms with Gasteiger partial charge in [0, 0.05) is 23.4 Å². The summed E-state index contributed by atoms with van der Waals surface area (Å²) in [4.78, 5) is 0. The zero-order valence-corrected chi connectivity index (χ0v) is 13.5. The zero-order valence-electron chi connectivity index (χ0n) is 11.9. The molecule has 0 bridgehead atoms. The number of hydrogen-bond acceptors (Lipinski definition) is 3. The summed E-state index contributed by atoms with van der Waals surface area (Å²) >= 11 is 8.42. The average molecular weight is 312 g/mol. The number of ether oxygens (including phenoxy) is 1. The van der Waals surface area contributed by atoms with Crippen LogP contribution in [-0.2, 0) is 4.74 Å². The molecule has 2 heterocycles. The lowest BCUT2D eigenvalue weighted by Gasteiger charge is -2.41. The van der Waals surface area contributed by atoms with Gasteiger partial charge in [0.1, 0.15) is 0 Å². The van der Waals surface area contributed by atoms with Crippen molar-refractivity contribution in [3.8, 4) is 0 Å². The van der Waals surface area contributed by atoms with Crippen molar-refractivity contribution in [3.05, 3.63) is 34.9 Å². The second kappa shape index (κ2) is 6.27. The highest BCUT2D eigenvalue weighted by atomic mass is 35.5. The van der Waals surface area contributed by atoms with E-state index in [1.54, 1.807) is 0 Å². The molecule has 2 aliphatic heterocycles. The summed E-state index contributed by atoms with van der Waals surface area (Å²) < 4.78 is 6.14. The molecule has 0 aromatic heterocycles. The first-order valence-corrected chi connectivity index (χ1v) is 8.91. The molecule has 0 aliphatic carbocycles. The van der Waals surface area contributed by atoms with Crippen LogP contribution in [0.3, 0.4) is 0 Å². The third-order valence-electron chi connectivity index (χ3n) is 4.62. The summed E-state index contributed by atoms with van der Waals surface area (Å²) in [7, 11) is 2.04. The van der Waals surface area contributed by atoms with Crippen LogP contribution >= 0.6 is 23.4 Å². The number of benzene rings is 1. The van der Waals surface area contributed by atoms with Crippen LogP contribution in [0.4, 0.5) is 0 Å². The highest BCUT2D eigenvalue weighted by Crippen LogP contribution is 2.44. The van der Waals surface area contributed by atoms with Crippen LogP contribution in [0, 0.1) is 5.92 Å². The number of thioether (sulfide) groups is 1. The second-order valence-electron chi connectivity index (χ2n) is 5.87. The molecule has 0 saturated carbocycles. The van der Waals surface area contributed by atoms with Crippen molar-refractivity contribution < 1.29 is 4.74 Å². The van der Waals surface area contributed by atoms with Crippen LogP contribution in [0.5, 0.6) is 0 Å². The van der Waals surface area contributed by atoms with E-state index in [0.29, 0.717) is 12.0 Å². The number of nitrogens with one attached hydrogen (secondary N) is 1. The molecule has 110 valence electrons. The Morgan fingerprint density at radius 1 is 1.45 bits per heavy atom. The number of halogens is 1. The topological polar surface area (TPSA) is 21.3 Å². The lowest BCUT2D eigenvalue weighted by Crippen LogP contribution is -2.43. The van der Waals surface area contributed by atoms with Gasteiger partial charge in [-0.05, 0) is 49.6 Å². The Kier molecular flexibility index (Phi) is 4.61. The molecule has 1 N–H and O–H groups in total. The van der Waals surface area contributed by atoms with Gasteiger partial charge >= 0.3 is 0 Å². The van der Waals surface area contributed by atoms with Crippen molar-refractivity contribution >= 4 is 23.4 Å². The molecule has 3 rings (SSSR count). The first-order valence-electron chi connectivity index (χ1n) is 7.37. The summed E-state index contributed by atoms with van der Waals surface area (Å²) in [5.41, 5.74) is 1.36. The lowest BCUT2D eigenvalue weighted by molar-refractivity contribution is -0.0850. The van der Waals surface area contributed by atoms with Crippen molar-refractivity contribution in [2.45, 2.75) is 30.9 Å². The Morgan fingerprint density at radius 3 is 3.00 bits per heavy atom. The molecule has 2 nitrogen and oxygen atoms in total. The molecule has 3 unspecified atom stereocenters. The summed E-state index contributed by atoms with van der Waals surface area (Å²) in [5, 5.41) is 4.36. The fourth-order valence-electron chi connectivity index (χ4n) is 3.59. The minimum atomic E-state index is 0.129. The van der Waals surface area contributed by atoms with Crippen molar-refractivity contribution in [1.29, 1.82) is 0 Å². The maximum absolute atomic E-state index is 6.39. The first-order chi connectivity index (χ1) is 9.74. The zero-order chi connectivity index (χ0) is 14.0. The van der Waals surface area contributed by atoms with Gasteiger partial charge in [-0.25, -0.2) is 0 Å². The van der Waals surface area contributed by atoms with Gasteiger partial charge in [-0.1, -0.05) is 29.8 Å². The van der Waals surface area contributed by atoms with Gasteiger partial charge in [0.15, 0.2) is 0 Å². The Labute approximate surface area is 130 Å². The van der Waals surface area contributed by atoms with Crippen LogP contribution in [0.1, 0.15) is 30.9 Å². The maximum atomic E-state index is 6.39. The third kappa shape index (κ3) is 2.87. The Bertz CT molecular complexity index is 462. The van der Waals surface area contributed by atoms with Crippen molar-refractivity contribution in [2.24, 2.45) is 5.92 Å². The quantitative estimate of drug-likeness (QED) is 0.914. The molecule has 2 aliphatic rings. The molecule has 0 amide bonds. The maximum Gasteiger partial charge on any atom is 0.0783 e. The van der Waals surface area contributed by atoms with E-state index in [-0.39, 0.29) is 5.60 Å².